The maximum Gasteiger partial charge on any atom is 0.500 e. The van der Waals surface area contributed by atoms with Crippen molar-refractivity contribution < 1.29 is 13.3 Å². The molecule has 1 N–H and O–H groups in total. The lowest BCUT2D eigenvalue weighted by atomic mass is 9.87. The molecular weight excluding hydrogens is 273 g/mol. The second kappa shape index (κ2) is 10.1. The first-order valence-corrected chi connectivity index (χ1v) is 13.2. The first kappa shape index (κ1) is 19.3. The second-order valence-electron chi connectivity index (χ2n) is 6.52. The SMILES string of the molecule is CO[Si](CCCN[BH2-]CCC[Si](C)(C)C)(OC)OC. The molecule has 0 atom stereocenters. The summed E-state index contributed by atoms with van der Waals surface area (Å²) in [6, 6.07) is 2.36. The van der Waals surface area contributed by atoms with Crippen molar-refractivity contribution in [2.75, 3.05) is 27.9 Å². The Bertz CT molecular complexity index is 215. The van der Waals surface area contributed by atoms with Gasteiger partial charge in [0.25, 0.3) is 0 Å². The van der Waals surface area contributed by atoms with Crippen LogP contribution in [0.15, 0.2) is 0 Å². The topological polar surface area (TPSA) is 39.7 Å². The maximum atomic E-state index is 5.40. The fourth-order valence-electron chi connectivity index (χ4n) is 2.28. The molecule has 0 unspecified atom stereocenters. The largest absolute Gasteiger partial charge is 0.500 e. The van der Waals surface area contributed by atoms with E-state index in [1.807, 2.05) is 0 Å². The third-order valence-electron chi connectivity index (χ3n) is 3.62. The molecule has 4 nitrogen and oxygen atoms in total. The summed E-state index contributed by atoms with van der Waals surface area (Å²) in [4.78, 5) is 0. The minimum Gasteiger partial charge on any atom is -0.494 e. The van der Waals surface area contributed by atoms with Gasteiger partial charge in [-0.1, -0.05) is 32.1 Å². The van der Waals surface area contributed by atoms with Crippen LogP contribution in [0.3, 0.4) is 0 Å². The van der Waals surface area contributed by atoms with Crippen LogP contribution >= 0.6 is 0 Å². The number of hydrogen-bond donors (Lipinski definition) is 1. The minimum absolute atomic E-state index is 0.0438. The van der Waals surface area contributed by atoms with E-state index >= 15 is 0 Å². The number of hydrogen-bond acceptors (Lipinski definition) is 4. The number of nitrogens with one attached hydrogen (secondary N) is 1. The Morgan fingerprint density at radius 1 is 0.895 bits per heavy atom. The predicted molar refractivity (Wildman–Crippen MR) is 90.3 cm³/mol. The fraction of sp³-hybridized carbons (Fsp3) is 1.00. The zero-order valence-electron chi connectivity index (χ0n) is 14.0. The van der Waals surface area contributed by atoms with E-state index in [0.717, 1.165) is 19.0 Å². The van der Waals surface area contributed by atoms with E-state index in [1.165, 1.54) is 18.8 Å². The van der Waals surface area contributed by atoms with Gasteiger partial charge in [-0.15, -0.1) is 0 Å². The van der Waals surface area contributed by atoms with Gasteiger partial charge in [0, 0.05) is 42.9 Å². The highest BCUT2D eigenvalue weighted by atomic mass is 28.4. The van der Waals surface area contributed by atoms with Gasteiger partial charge in [-0.3, -0.25) is 0 Å². The standard InChI is InChI=1S/C12H33BNO3Si2/c1-15-19(16-2,17-3)12-8-10-14-13-9-7-11-18(4,5)6/h14H,7-13H2,1-6H3/q-1. The lowest BCUT2D eigenvalue weighted by molar-refractivity contribution is 0.123. The molecule has 0 aliphatic heterocycles. The van der Waals surface area contributed by atoms with Crippen LogP contribution in [0.4, 0.5) is 0 Å². The first-order valence-electron chi connectivity index (χ1n) is 7.60. The molecule has 19 heavy (non-hydrogen) atoms. The Labute approximate surface area is 122 Å². The summed E-state index contributed by atoms with van der Waals surface area (Å²) in [7, 11) is 1.91. The summed E-state index contributed by atoms with van der Waals surface area (Å²) in [5.41, 5.74) is 0. The fourth-order valence-corrected chi connectivity index (χ4v) is 5.41. The van der Waals surface area contributed by atoms with Crippen molar-refractivity contribution in [3.05, 3.63) is 0 Å². The highest BCUT2D eigenvalue weighted by molar-refractivity contribution is 6.76. The van der Waals surface area contributed by atoms with E-state index < -0.39 is 16.9 Å². The van der Waals surface area contributed by atoms with Gasteiger partial charge in [-0.05, 0) is 13.0 Å². The molecule has 0 aromatic heterocycles. The molecule has 0 aliphatic carbocycles. The summed E-state index contributed by atoms with van der Waals surface area (Å²) < 4.78 is 16.2. The first-order chi connectivity index (χ1) is 8.89. The van der Waals surface area contributed by atoms with Crippen LogP contribution < -0.4 is 5.23 Å². The number of rotatable bonds is 12. The van der Waals surface area contributed by atoms with Gasteiger partial charge in [-0.2, -0.15) is 6.32 Å². The molecule has 0 radical (unpaired) electrons. The minimum atomic E-state index is -2.34. The lowest BCUT2D eigenvalue weighted by Gasteiger charge is -2.24. The molecule has 0 saturated carbocycles. The van der Waals surface area contributed by atoms with Crippen LogP contribution in [0.5, 0.6) is 0 Å². The molecule has 0 aliphatic rings. The van der Waals surface area contributed by atoms with Crippen LogP contribution in [-0.4, -0.2) is 52.2 Å². The van der Waals surface area contributed by atoms with Gasteiger partial charge in [0.05, 0.1) is 0 Å². The molecule has 0 aromatic carbocycles. The third kappa shape index (κ3) is 9.81. The van der Waals surface area contributed by atoms with E-state index in [1.54, 1.807) is 21.3 Å². The average molecular weight is 306 g/mol. The molecule has 0 rings (SSSR count). The molecule has 116 valence electrons. The van der Waals surface area contributed by atoms with Crippen LogP contribution in [0.1, 0.15) is 12.8 Å². The molecule has 7 heteroatoms. The van der Waals surface area contributed by atoms with Crippen molar-refractivity contribution in [2.24, 2.45) is 0 Å². The Hall–Kier alpha value is 0.339. The van der Waals surface area contributed by atoms with Crippen LogP contribution in [0, 0.1) is 0 Å². The summed E-state index contributed by atoms with van der Waals surface area (Å²) in [5, 5.41) is 3.61. The molecule has 0 aromatic rings. The average Bonchev–Trinajstić information content (AvgIpc) is 2.37. The molecule has 0 heterocycles. The Balaban J connectivity index is 3.50. The van der Waals surface area contributed by atoms with Crippen molar-refractivity contribution in [1.29, 1.82) is 0 Å². The maximum absolute atomic E-state index is 5.40. The summed E-state index contributed by atoms with van der Waals surface area (Å²) >= 11 is 0. The van der Waals surface area contributed by atoms with Crippen LogP contribution in [0.2, 0.25) is 38.0 Å². The molecular formula is C12H33BNO3Si2-. The quantitative estimate of drug-likeness (QED) is 0.443. The Kier molecular flexibility index (Phi) is 10.3. The summed E-state index contributed by atoms with van der Waals surface area (Å²) in [5.74, 6) is 0. The van der Waals surface area contributed by atoms with Crippen molar-refractivity contribution in [1.82, 2.24) is 5.23 Å². The third-order valence-corrected chi connectivity index (χ3v) is 8.31. The highest BCUT2D eigenvalue weighted by Crippen LogP contribution is 2.14. The zero-order chi connectivity index (χ0) is 14.8. The lowest BCUT2D eigenvalue weighted by Crippen LogP contribution is -2.43. The van der Waals surface area contributed by atoms with Gasteiger partial charge >= 0.3 is 8.80 Å². The Morgan fingerprint density at radius 2 is 1.47 bits per heavy atom. The van der Waals surface area contributed by atoms with Crippen LogP contribution in [0.25, 0.3) is 0 Å². The van der Waals surface area contributed by atoms with E-state index in [4.69, 9.17) is 13.3 Å². The Morgan fingerprint density at radius 3 is 1.95 bits per heavy atom. The normalized spacial score (nSPS) is 12.9. The van der Waals surface area contributed by atoms with E-state index in [2.05, 4.69) is 24.9 Å². The van der Waals surface area contributed by atoms with E-state index in [-0.39, 0.29) is 7.41 Å². The predicted octanol–water partition coefficient (Wildman–Crippen LogP) is 2.07. The summed E-state index contributed by atoms with van der Waals surface area (Å²) in [6.45, 7) is 8.42. The molecule has 0 spiro atoms. The van der Waals surface area contributed by atoms with Gasteiger partial charge in [0.15, 0.2) is 0 Å². The van der Waals surface area contributed by atoms with Crippen molar-refractivity contribution in [2.45, 2.75) is 50.9 Å². The van der Waals surface area contributed by atoms with Crippen LogP contribution in [-0.2, 0) is 13.3 Å². The second-order valence-corrected chi connectivity index (χ2v) is 15.2. The highest BCUT2D eigenvalue weighted by Gasteiger charge is 2.36. The van der Waals surface area contributed by atoms with Gasteiger partial charge in [0.2, 0.25) is 0 Å². The van der Waals surface area contributed by atoms with Gasteiger partial charge in [-0.25, -0.2) is 0 Å². The van der Waals surface area contributed by atoms with Crippen molar-refractivity contribution >= 4 is 24.3 Å². The van der Waals surface area contributed by atoms with Crippen molar-refractivity contribution in [3.8, 4) is 0 Å². The van der Waals surface area contributed by atoms with Gasteiger partial charge in [0.1, 0.15) is 0 Å². The van der Waals surface area contributed by atoms with E-state index in [9.17, 15) is 0 Å². The molecule has 0 fully saturated rings. The molecule has 0 saturated heterocycles. The zero-order valence-corrected chi connectivity index (χ0v) is 16.0. The summed E-state index contributed by atoms with van der Waals surface area (Å²) in [6.07, 6.45) is 3.89. The molecule has 0 amide bonds. The smallest absolute Gasteiger partial charge is 0.494 e. The van der Waals surface area contributed by atoms with E-state index in [0.29, 0.717) is 0 Å². The monoisotopic (exact) mass is 306 g/mol. The van der Waals surface area contributed by atoms with Crippen molar-refractivity contribution in [3.63, 3.8) is 0 Å². The van der Waals surface area contributed by atoms with Gasteiger partial charge < -0.3 is 18.5 Å². The molecule has 0 bridgehead atoms.